The van der Waals surface area contributed by atoms with Gasteiger partial charge >= 0.3 is 0 Å². The average molecular weight is 561 g/mol. The van der Waals surface area contributed by atoms with E-state index < -0.39 is 61.4 Å². The van der Waals surface area contributed by atoms with E-state index in [0.717, 1.165) is 34.8 Å². The smallest absolute Gasteiger partial charge is 0.202 e. The summed E-state index contributed by atoms with van der Waals surface area (Å²) in [6.07, 6.45) is -4.95. The molecule has 40 heavy (non-hydrogen) atoms. The minimum Gasteiger partial charge on any atom is -0.394 e. The van der Waals surface area contributed by atoms with Crippen molar-refractivity contribution < 1.29 is 59.2 Å². The number of carbonyl (C=O) groups excluding carboxylic acids is 2. The van der Waals surface area contributed by atoms with Crippen LogP contribution < -0.4 is 0 Å². The van der Waals surface area contributed by atoms with Crippen LogP contribution >= 0.6 is 0 Å². The third kappa shape index (κ3) is 4.80. The van der Waals surface area contributed by atoms with Crippen molar-refractivity contribution in [2.45, 2.75) is 74.3 Å². The summed E-state index contributed by atoms with van der Waals surface area (Å²) in [5.41, 5.74) is 4.25. The summed E-state index contributed by atoms with van der Waals surface area (Å²) >= 11 is 0. The Labute approximate surface area is 229 Å². The standard InChI is InChI=1S/2C14H16O6/c2*15-5-8-2-1-3-9-7-19-14(4-10(8)9)13(18)12(17)11(6-16)20-14/h2*1-3,5,11-13,16-18H,4,6-7H2/t11-,12-,13+,14+;11-,12-,13+,14-/m11/s1. The molecule has 0 aliphatic carbocycles. The van der Waals surface area contributed by atoms with Crippen LogP contribution in [0.15, 0.2) is 36.4 Å². The lowest BCUT2D eigenvalue weighted by Crippen LogP contribution is -2.49. The molecule has 0 aromatic heterocycles. The van der Waals surface area contributed by atoms with Gasteiger partial charge in [0.05, 0.1) is 26.4 Å². The maximum atomic E-state index is 11.1. The predicted octanol–water partition coefficient (Wildman–Crippen LogP) is -1.24. The number of fused-ring (bicyclic) bond motifs is 2. The second-order valence-electron chi connectivity index (χ2n) is 10.3. The van der Waals surface area contributed by atoms with Crippen molar-refractivity contribution in [3.8, 4) is 0 Å². The molecule has 0 bridgehead atoms. The Hall–Kier alpha value is -2.62. The Morgan fingerprint density at radius 2 is 1.10 bits per heavy atom. The highest BCUT2D eigenvalue weighted by Gasteiger charge is 2.57. The summed E-state index contributed by atoms with van der Waals surface area (Å²) in [5, 5.41) is 58.4. The lowest BCUT2D eigenvalue weighted by atomic mass is 9.89. The van der Waals surface area contributed by atoms with Crippen LogP contribution in [0.25, 0.3) is 0 Å². The van der Waals surface area contributed by atoms with Crippen LogP contribution in [0, 0.1) is 0 Å². The third-order valence-electron chi connectivity index (χ3n) is 8.03. The van der Waals surface area contributed by atoms with Crippen molar-refractivity contribution in [1.29, 1.82) is 0 Å². The molecule has 0 unspecified atom stereocenters. The Morgan fingerprint density at radius 3 is 1.43 bits per heavy atom. The maximum absolute atomic E-state index is 11.1. The highest BCUT2D eigenvalue weighted by molar-refractivity contribution is 5.78. The zero-order chi connectivity index (χ0) is 28.7. The molecular weight excluding hydrogens is 528 g/mol. The first-order chi connectivity index (χ1) is 19.2. The number of aliphatic hydroxyl groups is 6. The van der Waals surface area contributed by atoms with Gasteiger partial charge in [0, 0.05) is 24.0 Å². The van der Waals surface area contributed by atoms with Crippen LogP contribution in [0.1, 0.15) is 43.0 Å². The van der Waals surface area contributed by atoms with Crippen molar-refractivity contribution in [2.75, 3.05) is 13.2 Å². The summed E-state index contributed by atoms with van der Waals surface area (Å²) in [6, 6.07) is 10.6. The molecular formula is C28H32O12. The first kappa shape index (κ1) is 28.9. The second kappa shape index (κ2) is 11.3. The van der Waals surface area contributed by atoms with E-state index in [0.29, 0.717) is 11.1 Å². The summed E-state index contributed by atoms with van der Waals surface area (Å²) in [6.45, 7) is -0.463. The van der Waals surface area contributed by atoms with Crippen LogP contribution in [0.3, 0.4) is 0 Å². The van der Waals surface area contributed by atoms with Gasteiger partial charge in [-0.25, -0.2) is 0 Å². The van der Waals surface area contributed by atoms with E-state index in [1.807, 2.05) is 12.1 Å². The Balaban J connectivity index is 0.000000161. The van der Waals surface area contributed by atoms with E-state index in [1.54, 1.807) is 24.3 Å². The van der Waals surface area contributed by atoms with Gasteiger partial charge in [0.1, 0.15) is 49.2 Å². The van der Waals surface area contributed by atoms with Gasteiger partial charge < -0.3 is 49.6 Å². The van der Waals surface area contributed by atoms with E-state index in [-0.39, 0.29) is 26.1 Å². The minimum absolute atomic E-state index is 0.159. The summed E-state index contributed by atoms with van der Waals surface area (Å²) < 4.78 is 22.3. The van der Waals surface area contributed by atoms with Gasteiger partial charge in [-0.2, -0.15) is 0 Å². The quantitative estimate of drug-likeness (QED) is 0.244. The second-order valence-corrected chi connectivity index (χ2v) is 10.3. The normalized spacial score (nSPS) is 36.0. The van der Waals surface area contributed by atoms with Crippen molar-refractivity contribution >= 4 is 12.6 Å². The van der Waals surface area contributed by atoms with E-state index in [4.69, 9.17) is 29.2 Å². The number of ether oxygens (including phenoxy) is 4. The van der Waals surface area contributed by atoms with Crippen molar-refractivity contribution in [3.63, 3.8) is 0 Å². The number of hydrogen-bond acceptors (Lipinski definition) is 12. The van der Waals surface area contributed by atoms with Gasteiger partial charge in [0.15, 0.2) is 0 Å². The summed E-state index contributed by atoms with van der Waals surface area (Å²) in [7, 11) is 0. The van der Waals surface area contributed by atoms with E-state index >= 15 is 0 Å². The topological polar surface area (TPSA) is 192 Å². The highest BCUT2D eigenvalue weighted by Crippen LogP contribution is 2.41. The number of aliphatic hydroxyl groups excluding tert-OH is 6. The molecule has 4 heterocycles. The molecule has 4 aliphatic rings. The van der Waals surface area contributed by atoms with Gasteiger partial charge in [0.25, 0.3) is 0 Å². The number of carbonyl (C=O) groups is 2. The highest BCUT2D eigenvalue weighted by atomic mass is 16.7. The molecule has 216 valence electrons. The minimum atomic E-state index is -1.40. The lowest BCUT2D eigenvalue weighted by molar-refractivity contribution is -0.271. The van der Waals surface area contributed by atoms with Crippen LogP contribution in [0.5, 0.6) is 0 Å². The fourth-order valence-corrected chi connectivity index (χ4v) is 5.77. The maximum Gasteiger partial charge on any atom is 0.202 e. The van der Waals surface area contributed by atoms with Crippen LogP contribution in [-0.2, 0) is 45.0 Å². The molecule has 0 amide bonds. The molecule has 12 nitrogen and oxygen atoms in total. The third-order valence-corrected chi connectivity index (χ3v) is 8.03. The molecule has 2 aromatic carbocycles. The fourth-order valence-electron chi connectivity index (χ4n) is 5.77. The molecule has 12 heteroatoms. The molecule has 0 radical (unpaired) electrons. The molecule has 4 aliphatic heterocycles. The monoisotopic (exact) mass is 560 g/mol. The average Bonchev–Trinajstić information content (AvgIpc) is 3.36. The molecule has 2 aromatic rings. The van der Waals surface area contributed by atoms with E-state index in [9.17, 15) is 30.0 Å². The number of benzene rings is 2. The summed E-state index contributed by atoms with van der Waals surface area (Å²) in [5.74, 6) is -2.81. The number of aldehydes is 2. The van der Waals surface area contributed by atoms with E-state index in [2.05, 4.69) is 0 Å². The first-order valence-corrected chi connectivity index (χ1v) is 12.9. The zero-order valence-electron chi connectivity index (χ0n) is 21.5. The van der Waals surface area contributed by atoms with Crippen molar-refractivity contribution in [1.82, 2.24) is 0 Å². The van der Waals surface area contributed by atoms with E-state index in [1.165, 1.54) is 0 Å². The van der Waals surface area contributed by atoms with Gasteiger partial charge in [-0.1, -0.05) is 36.4 Å². The molecule has 2 fully saturated rings. The van der Waals surface area contributed by atoms with Crippen molar-refractivity contribution in [3.05, 3.63) is 69.8 Å². The molecule has 2 saturated heterocycles. The van der Waals surface area contributed by atoms with Gasteiger partial charge in [-0.15, -0.1) is 0 Å². The van der Waals surface area contributed by atoms with Gasteiger partial charge in [0.2, 0.25) is 11.6 Å². The SMILES string of the molecule is O=Cc1cccc2c1C[C@@]1(OC2)O[C@H](CO)[C@@H](O)[C@@H]1O.O=Cc1cccc2c1C[C@]1(OC2)O[C@H](CO)[C@@H](O)[C@@H]1O. The Kier molecular flexibility index (Phi) is 8.19. The number of hydrogen-bond donors (Lipinski definition) is 6. The van der Waals surface area contributed by atoms with Gasteiger partial charge in [-0.05, 0) is 22.3 Å². The molecule has 8 atom stereocenters. The van der Waals surface area contributed by atoms with Crippen LogP contribution in [0.4, 0.5) is 0 Å². The molecule has 2 spiro atoms. The zero-order valence-corrected chi connectivity index (χ0v) is 21.5. The lowest BCUT2D eigenvalue weighted by Gasteiger charge is -2.37. The fraction of sp³-hybridized carbons (Fsp3) is 0.500. The molecule has 0 saturated carbocycles. The molecule has 6 N–H and O–H groups in total. The summed E-state index contributed by atoms with van der Waals surface area (Å²) in [4.78, 5) is 22.2. The van der Waals surface area contributed by atoms with Crippen LogP contribution in [0.2, 0.25) is 0 Å². The number of rotatable bonds is 4. The van der Waals surface area contributed by atoms with Crippen molar-refractivity contribution in [2.24, 2.45) is 0 Å². The Morgan fingerprint density at radius 1 is 0.700 bits per heavy atom. The predicted molar refractivity (Wildman–Crippen MR) is 134 cm³/mol. The Bertz CT molecular complexity index is 1160. The van der Waals surface area contributed by atoms with Gasteiger partial charge in [-0.3, -0.25) is 9.59 Å². The molecule has 6 rings (SSSR count). The first-order valence-electron chi connectivity index (χ1n) is 12.9. The van der Waals surface area contributed by atoms with Crippen LogP contribution in [-0.4, -0.2) is 105 Å². The largest absolute Gasteiger partial charge is 0.394 e.